The molecule has 0 aliphatic heterocycles. The summed E-state index contributed by atoms with van der Waals surface area (Å²) in [5, 5.41) is 12.5. The van der Waals surface area contributed by atoms with Crippen molar-refractivity contribution in [3.8, 4) is 33.5 Å². The fourth-order valence-corrected chi connectivity index (χ4v) is 4.74. The minimum Gasteiger partial charge on any atom is -0.493 e. The third-order valence-corrected chi connectivity index (χ3v) is 6.54. The lowest BCUT2D eigenvalue weighted by Crippen LogP contribution is -1.95. The van der Waals surface area contributed by atoms with Gasteiger partial charge in [0.15, 0.2) is 22.5 Å². The standard InChI is InChI=1S/C21H22N4O3S2/c1-5-27-17-7-6-14(10-18(17)26-4)20-22-15(11-29-20)12-30-21-24-23-19(25(21)3)16-8-9-28-13(16)2/h6-11H,5,12H2,1-4H3. The first kappa shape index (κ1) is 20.5. The summed E-state index contributed by atoms with van der Waals surface area (Å²) in [4.78, 5) is 4.78. The highest BCUT2D eigenvalue weighted by Crippen LogP contribution is 2.35. The highest BCUT2D eigenvalue weighted by Gasteiger charge is 2.16. The van der Waals surface area contributed by atoms with Crippen LogP contribution in [0.4, 0.5) is 0 Å². The zero-order chi connectivity index (χ0) is 21.1. The van der Waals surface area contributed by atoms with Gasteiger partial charge in [-0.2, -0.15) is 0 Å². The van der Waals surface area contributed by atoms with Crippen molar-refractivity contribution in [1.82, 2.24) is 19.7 Å². The van der Waals surface area contributed by atoms with Crippen LogP contribution in [0.2, 0.25) is 0 Å². The zero-order valence-corrected chi connectivity index (χ0v) is 18.8. The molecule has 0 radical (unpaired) electrons. The van der Waals surface area contributed by atoms with E-state index in [9.17, 15) is 0 Å². The van der Waals surface area contributed by atoms with Crippen LogP contribution in [0.1, 0.15) is 18.4 Å². The number of ether oxygens (including phenoxy) is 2. The van der Waals surface area contributed by atoms with Crippen molar-refractivity contribution in [1.29, 1.82) is 0 Å². The lowest BCUT2D eigenvalue weighted by molar-refractivity contribution is 0.311. The average Bonchev–Trinajstić information content (AvgIpc) is 3.47. The third-order valence-electron chi connectivity index (χ3n) is 4.55. The molecule has 0 aliphatic carbocycles. The molecular weight excluding hydrogens is 420 g/mol. The molecule has 0 fully saturated rings. The van der Waals surface area contributed by atoms with Crippen molar-refractivity contribution in [3.05, 3.63) is 47.4 Å². The van der Waals surface area contributed by atoms with Gasteiger partial charge in [-0.25, -0.2) is 4.98 Å². The number of aryl methyl sites for hydroxylation is 1. The lowest BCUT2D eigenvalue weighted by Gasteiger charge is -2.09. The maximum atomic E-state index is 5.59. The Bertz CT molecular complexity index is 1150. The summed E-state index contributed by atoms with van der Waals surface area (Å²) in [5.74, 6) is 3.78. The summed E-state index contributed by atoms with van der Waals surface area (Å²) in [5.41, 5.74) is 2.96. The molecule has 0 aliphatic rings. The monoisotopic (exact) mass is 442 g/mol. The maximum absolute atomic E-state index is 5.59. The van der Waals surface area contributed by atoms with Gasteiger partial charge in [0.1, 0.15) is 10.8 Å². The number of methoxy groups -OCH3 is 1. The smallest absolute Gasteiger partial charge is 0.191 e. The van der Waals surface area contributed by atoms with Crippen LogP contribution >= 0.6 is 23.1 Å². The van der Waals surface area contributed by atoms with Gasteiger partial charge in [0.25, 0.3) is 0 Å². The summed E-state index contributed by atoms with van der Waals surface area (Å²) in [6, 6.07) is 7.80. The summed E-state index contributed by atoms with van der Waals surface area (Å²) in [6.45, 7) is 4.47. The van der Waals surface area contributed by atoms with E-state index in [-0.39, 0.29) is 0 Å². The summed E-state index contributed by atoms with van der Waals surface area (Å²) in [7, 11) is 3.61. The molecule has 0 atom stereocenters. The Kier molecular flexibility index (Phi) is 6.10. The van der Waals surface area contributed by atoms with Gasteiger partial charge in [0, 0.05) is 23.7 Å². The van der Waals surface area contributed by atoms with Gasteiger partial charge in [-0.1, -0.05) is 11.8 Å². The van der Waals surface area contributed by atoms with Gasteiger partial charge < -0.3 is 18.5 Å². The fourth-order valence-electron chi connectivity index (χ4n) is 3.01. The quantitative estimate of drug-likeness (QED) is 0.347. The second-order valence-corrected chi connectivity index (χ2v) is 8.29. The van der Waals surface area contributed by atoms with Crippen molar-refractivity contribution < 1.29 is 13.9 Å². The number of rotatable bonds is 8. The molecule has 0 amide bonds. The van der Waals surface area contributed by atoms with Gasteiger partial charge in [-0.05, 0) is 38.1 Å². The van der Waals surface area contributed by atoms with Crippen LogP contribution < -0.4 is 9.47 Å². The van der Waals surface area contributed by atoms with Crippen LogP contribution in [0.5, 0.6) is 11.5 Å². The van der Waals surface area contributed by atoms with Crippen LogP contribution in [0.15, 0.2) is 45.5 Å². The van der Waals surface area contributed by atoms with Crippen LogP contribution in [0.25, 0.3) is 22.0 Å². The van der Waals surface area contributed by atoms with E-state index in [1.807, 2.05) is 49.7 Å². The molecule has 30 heavy (non-hydrogen) atoms. The van der Waals surface area contributed by atoms with Crippen LogP contribution in [-0.2, 0) is 12.8 Å². The molecule has 4 rings (SSSR count). The summed E-state index contributed by atoms with van der Waals surface area (Å²) >= 11 is 3.22. The first-order chi connectivity index (χ1) is 14.6. The number of hydrogen-bond donors (Lipinski definition) is 0. The minimum absolute atomic E-state index is 0.595. The SMILES string of the molecule is CCOc1ccc(-c2nc(CSc3nnc(-c4ccoc4C)n3C)cs2)cc1OC. The molecular formula is C21H22N4O3S2. The Morgan fingerprint density at radius 2 is 2.07 bits per heavy atom. The summed E-state index contributed by atoms with van der Waals surface area (Å²) < 4.78 is 18.4. The topological polar surface area (TPSA) is 75.2 Å². The molecule has 3 heterocycles. The predicted molar refractivity (Wildman–Crippen MR) is 118 cm³/mol. The first-order valence-electron chi connectivity index (χ1n) is 9.43. The molecule has 0 spiro atoms. The maximum Gasteiger partial charge on any atom is 0.191 e. The highest BCUT2D eigenvalue weighted by atomic mass is 32.2. The second kappa shape index (κ2) is 8.93. The lowest BCUT2D eigenvalue weighted by atomic mass is 10.2. The molecule has 7 nitrogen and oxygen atoms in total. The van der Waals surface area contributed by atoms with E-state index >= 15 is 0 Å². The van der Waals surface area contributed by atoms with Crippen molar-refractivity contribution in [2.45, 2.75) is 24.8 Å². The third kappa shape index (κ3) is 4.08. The normalized spacial score (nSPS) is 11.1. The van der Waals surface area contributed by atoms with Crippen molar-refractivity contribution in [2.75, 3.05) is 13.7 Å². The number of benzene rings is 1. The van der Waals surface area contributed by atoms with E-state index in [4.69, 9.17) is 18.9 Å². The largest absolute Gasteiger partial charge is 0.493 e. The van der Waals surface area contributed by atoms with Crippen LogP contribution in [0.3, 0.4) is 0 Å². The van der Waals surface area contributed by atoms with Crippen molar-refractivity contribution in [2.24, 2.45) is 7.05 Å². The van der Waals surface area contributed by atoms with Gasteiger partial charge in [-0.15, -0.1) is 21.5 Å². The predicted octanol–water partition coefficient (Wildman–Crippen LogP) is 5.21. The van der Waals surface area contributed by atoms with Crippen molar-refractivity contribution >= 4 is 23.1 Å². The van der Waals surface area contributed by atoms with E-state index in [1.54, 1.807) is 36.5 Å². The van der Waals surface area contributed by atoms with Gasteiger partial charge >= 0.3 is 0 Å². The van der Waals surface area contributed by atoms with Gasteiger partial charge in [0.2, 0.25) is 0 Å². The Morgan fingerprint density at radius 1 is 1.20 bits per heavy atom. The van der Waals surface area contributed by atoms with Gasteiger partial charge in [-0.3, -0.25) is 0 Å². The van der Waals surface area contributed by atoms with Crippen LogP contribution in [-0.4, -0.2) is 33.5 Å². The molecule has 9 heteroatoms. The minimum atomic E-state index is 0.595. The number of furan rings is 1. The molecule has 156 valence electrons. The van der Waals surface area contributed by atoms with E-state index < -0.39 is 0 Å². The number of thioether (sulfide) groups is 1. The Morgan fingerprint density at radius 3 is 2.80 bits per heavy atom. The van der Waals surface area contributed by atoms with E-state index in [2.05, 4.69) is 15.6 Å². The molecule has 1 aromatic carbocycles. The van der Waals surface area contributed by atoms with Crippen LogP contribution in [0, 0.1) is 6.92 Å². The van der Waals surface area contributed by atoms with Gasteiger partial charge in [0.05, 0.1) is 31.2 Å². The van der Waals surface area contributed by atoms with E-state index in [1.165, 1.54) is 0 Å². The zero-order valence-electron chi connectivity index (χ0n) is 17.2. The number of nitrogens with zero attached hydrogens (tertiary/aromatic N) is 4. The average molecular weight is 443 g/mol. The van der Waals surface area contributed by atoms with E-state index in [0.29, 0.717) is 18.1 Å². The molecule has 0 N–H and O–H groups in total. The molecule has 0 bridgehead atoms. The van der Waals surface area contributed by atoms with E-state index in [0.717, 1.165) is 44.3 Å². The fraction of sp³-hybridized carbons (Fsp3) is 0.286. The molecule has 0 saturated carbocycles. The number of thiazole rings is 1. The summed E-state index contributed by atoms with van der Waals surface area (Å²) in [6.07, 6.45) is 1.67. The first-order valence-corrected chi connectivity index (χ1v) is 11.3. The van der Waals surface area contributed by atoms with Crippen molar-refractivity contribution in [3.63, 3.8) is 0 Å². The molecule has 3 aromatic heterocycles. The Hall–Kier alpha value is -2.78. The molecule has 4 aromatic rings. The second-order valence-electron chi connectivity index (χ2n) is 6.49. The molecule has 0 saturated heterocycles. The molecule has 0 unspecified atom stereocenters. The number of hydrogen-bond acceptors (Lipinski definition) is 8. The Balaban J connectivity index is 1.47. The highest BCUT2D eigenvalue weighted by molar-refractivity contribution is 7.98. The Labute approximate surface area is 183 Å². The number of aromatic nitrogens is 4.